The van der Waals surface area contributed by atoms with Gasteiger partial charge in [-0.05, 0) is 193 Å². The van der Waals surface area contributed by atoms with Crippen LogP contribution >= 0.6 is 10.3 Å². The third-order valence-corrected chi connectivity index (χ3v) is 14.1. The molecule has 3 aromatic carbocycles. The molecule has 8 nitrogen and oxygen atoms in total. The Morgan fingerprint density at radius 1 is 0.468 bits per heavy atom. The Morgan fingerprint density at radius 3 is 1.03 bits per heavy atom. The van der Waals surface area contributed by atoms with E-state index in [9.17, 15) is 0 Å². The fraction of sp³-hybridized carbons (Fsp3) is 0.642. The van der Waals surface area contributed by atoms with E-state index < -0.39 is 49.3 Å². The third kappa shape index (κ3) is 11.5. The zero-order valence-corrected chi connectivity index (χ0v) is 42.2. The van der Waals surface area contributed by atoms with E-state index in [1.54, 1.807) is 0 Å². The van der Waals surface area contributed by atoms with Crippen LogP contribution in [0.3, 0.4) is 0 Å². The SMILES string of the molecule is CC(C)(C)Oc1cc(OC(C)(C)C)c(S(OC(=O)C23CC4CC(CC(C4)C2)C3)(c2ccccc2)c2c(OC(C)(C)C)cc(OC(C)(C)C)cc2OC(C)(C)C)c(OC(C)(C)C)c1. The molecule has 4 saturated carbocycles. The number of rotatable bonds is 11. The third-order valence-electron chi connectivity index (χ3n) is 10.8. The minimum Gasteiger partial charge on any atom is -0.488 e. The largest absolute Gasteiger partial charge is 0.488 e. The van der Waals surface area contributed by atoms with E-state index in [0.717, 1.165) is 24.2 Å². The van der Waals surface area contributed by atoms with Crippen molar-refractivity contribution < 1.29 is 37.4 Å². The van der Waals surface area contributed by atoms with Gasteiger partial charge in [0.05, 0.1) is 5.41 Å². The molecule has 344 valence electrons. The summed E-state index contributed by atoms with van der Waals surface area (Å²) in [4.78, 5) is 18.1. The minimum atomic E-state index is -3.32. The van der Waals surface area contributed by atoms with Gasteiger partial charge in [-0.2, -0.15) is 0 Å². The molecule has 0 heterocycles. The summed E-state index contributed by atoms with van der Waals surface area (Å²) in [7, 11) is -3.32. The van der Waals surface area contributed by atoms with Crippen LogP contribution in [0, 0.1) is 23.2 Å². The van der Waals surface area contributed by atoms with Crippen LogP contribution < -0.4 is 28.4 Å². The molecule has 4 aliphatic carbocycles. The first-order valence-corrected chi connectivity index (χ1v) is 24.4. The molecular weight excluding hydrogens is 797 g/mol. The highest BCUT2D eigenvalue weighted by molar-refractivity contribution is 8.30. The van der Waals surface area contributed by atoms with E-state index in [-0.39, 0.29) is 5.97 Å². The van der Waals surface area contributed by atoms with Gasteiger partial charge in [0.1, 0.15) is 77.9 Å². The van der Waals surface area contributed by atoms with Crippen molar-refractivity contribution in [3.8, 4) is 34.5 Å². The lowest BCUT2D eigenvalue weighted by Gasteiger charge is -2.56. The standard InChI is InChI=1S/C53H78O8S/c1-47(2,3)55-37-27-40(57-49(7,8)9)44(41(28-37)58-50(10,11)12)62(39-22-20-19-21-23-39,61-46(54)53-31-34-24-35(32-53)26-36(25-34)33-53)45-42(59-51(13,14)15)29-38(56-48(4,5)6)30-43(45)60-52(16,17)18/h19-23,27-30,34-36H,24-26,31-33H2,1-18H3. The predicted octanol–water partition coefficient (Wildman–Crippen LogP) is 14.7. The summed E-state index contributed by atoms with van der Waals surface area (Å²) >= 11 is 0. The molecule has 0 unspecified atom stereocenters. The van der Waals surface area contributed by atoms with Crippen molar-refractivity contribution in [3.63, 3.8) is 0 Å². The normalized spacial score (nSPS) is 22.2. The van der Waals surface area contributed by atoms with Crippen molar-refractivity contribution in [3.05, 3.63) is 54.6 Å². The van der Waals surface area contributed by atoms with Crippen LogP contribution in [0.4, 0.5) is 0 Å². The average Bonchev–Trinajstić information content (AvgIpc) is 3.03. The Kier molecular flexibility index (Phi) is 12.6. The highest BCUT2D eigenvalue weighted by Gasteiger charge is 2.58. The van der Waals surface area contributed by atoms with Gasteiger partial charge in [0, 0.05) is 39.5 Å². The van der Waals surface area contributed by atoms with Gasteiger partial charge < -0.3 is 32.6 Å². The first-order valence-electron chi connectivity index (χ1n) is 22.8. The second-order valence-electron chi connectivity index (χ2n) is 24.2. The van der Waals surface area contributed by atoms with Crippen LogP contribution in [0.15, 0.2) is 69.3 Å². The van der Waals surface area contributed by atoms with E-state index >= 15 is 4.79 Å². The molecule has 0 N–H and O–H groups in total. The topological polar surface area (TPSA) is 81.7 Å². The molecule has 0 spiro atoms. The molecule has 4 fully saturated rings. The number of hydrogen-bond acceptors (Lipinski definition) is 8. The molecule has 3 aromatic rings. The molecule has 0 aliphatic heterocycles. The molecule has 0 aromatic heterocycles. The smallest absolute Gasteiger partial charge is 0.323 e. The number of ether oxygens (including phenoxy) is 6. The van der Waals surface area contributed by atoms with Gasteiger partial charge in [-0.1, -0.05) is 18.2 Å². The maximum Gasteiger partial charge on any atom is 0.323 e. The van der Waals surface area contributed by atoms with Gasteiger partial charge in [0.15, 0.2) is 0 Å². The van der Waals surface area contributed by atoms with Gasteiger partial charge in [-0.3, -0.25) is 4.79 Å². The Hall–Kier alpha value is -3.72. The molecule has 0 amide bonds. The lowest BCUT2D eigenvalue weighted by molar-refractivity contribution is -0.160. The van der Waals surface area contributed by atoms with E-state index in [2.05, 4.69) is 12.1 Å². The van der Waals surface area contributed by atoms with E-state index in [1.807, 2.05) is 167 Å². The molecule has 4 aliphatic rings. The zero-order valence-electron chi connectivity index (χ0n) is 41.3. The molecule has 0 radical (unpaired) electrons. The van der Waals surface area contributed by atoms with Crippen LogP contribution in [0.25, 0.3) is 0 Å². The highest BCUT2D eigenvalue weighted by Crippen LogP contribution is 2.79. The van der Waals surface area contributed by atoms with Crippen LogP contribution in [-0.2, 0) is 8.98 Å². The summed E-state index contributed by atoms with van der Waals surface area (Å²) in [6.45, 7) is 36.5. The van der Waals surface area contributed by atoms with Crippen LogP contribution in [0.5, 0.6) is 34.5 Å². The maximum atomic E-state index is 16.1. The Morgan fingerprint density at radius 2 is 0.758 bits per heavy atom. The van der Waals surface area contributed by atoms with Gasteiger partial charge >= 0.3 is 5.97 Å². The summed E-state index contributed by atoms with van der Waals surface area (Å²) in [6.07, 6.45) is 6.04. The summed E-state index contributed by atoms with van der Waals surface area (Å²) in [5, 5.41) is 0. The number of benzene rings is 3. The second kappa shape index (κ2) is 16.4. The van der Waals surface area contributed by atoms with Crippen molar-refractivity contribution in [2.24, 2.45) is 23.2 Å². The first kappa shape index (κ1) is 47.8. The molecule has 7 rings (SSSR count). The second-order valence-corrected chi connectivity index (χ2v) is 26.8. The lowest BCUT2D eigenvalue weighted by atomic mass is 9.49. The summed E-state index contributed by atoms with van der Waals surface area (Å²) in [5.74, 6) is 4.41. The van der Waals surface area contributed by atoms with Crippen LogP contribution in [0.2, 0.25) is 0 Å². The Balaban J connectivity index is 1.86. The summed E-state index contributed by atoms with van der Waals surface area (Å²) in [5.41, 5.74) is -4.49. The fourth-order valence-corrected chi connectivity index (χ4v) is 13.2. The molecule has 4 bridgehead atoms. The van der Waals surface area contributed by atoms with Crippen molar-refractivity contribution >= 4 is 16.3 Å². The van der Waals surface area contributed by atoms with Crippen molar-refractivity contribution in [2.75, 3.05) is 0 Å². The van der Waals surface area contributed by atoms with Crippen molar-refractivity contribution in [1.29, 1.82) is 0 Å². The van der Waals surface area contributed by atoms with E-state index in [0.29, 0.717) is 62.0 Å². The molecular formula is C53H78O8S. The predicted molar refractivity (Wildman–Crippen MR) is 251 cm³/mol. The van der Waals surface area contributed by atoms with Crippen molar-refractivity contribution in [1.82, 2.24) is 0 Å². The van der Waals surface area contributed by atoms with E-state index in [1.165, 1.54) is 19.3 Å². The number of hydrogen-bond donors (Lipinski definition) is 0. The summed E-state index contributed by atoms with van der Waals surface area (Å²) < 4.78 is 49.8. The lowest BCUT2D eigenvalue weighted by Crippen LogP contribution is -2.50. The van der Waals surface area contributed by atoms with Crippen LogP contribution in [0.1, 0.15) is 163 Å². The fourth-order valence-electron chi connectivity index (χ4n) is 9.76. The monoisotopic (exact) mass is 875 g/mol. The van der Waals surface area contributed by atoms with Crippen molar-refractivity contribution in [2.45, 2.75) is 211 Å². The van der Waals surface area contributed by atoms with Gasteiger partial charge in [0.25, 0.3) is 0 Å². The Labute approximate surface area is 376 Å². The molecule has 0 atom stereocenters. The quantitative estimate of drug-likeness (QED) is 0.188. The van der Waals surface area contributed by atoms with Gasteiger partial charge in [-0.15, -0.1) is 0 Å². The zero-order chi connectivity index (χ0) is 46.1. The number of carbonyl (C=O) groups is 1. The van der Waals surface area contributed by atoms with Crippen LogP contribution in [-0.4, -0.2) is 39.6 Å². The summed E-state index contributed by atoms with van der Waals surface area (Å²) in [6, 6.07) is 17.9. The maximum absolute atomic E-state index is 16.1. The molecule has 9 heteroatoms. The van der Waals surface area contributed by atoms with E-state index in [4.69, 9.17) is 32.6 Å². The first-order chi connectivity index (χ1) is 28.2. The highest BCUT2D eigenvalue weighted by atomic mass is 32.3. The minimum absolute atomic E-state index is 0.188. The van der Waals surface area contributed by atoms with Gasteiger partial charge in [0.2, 0.25) is 0 Å². The van der Waals surface area contributed by atoms with Gasteiger partial charge in [-0.25, -0.2) is 0 Å². The molecule has 0 saturated heterocycles. The number of carbonyl (C=O) groups excluding carboxylic acids is 1. The average molecular weight is 875 g/mol. The Bertz CT molecular complexity index is 1870. The molecule has 62 heavy (non-hydrogen) atoms.